The number of hydrogen-bond donors (Lipinski definition) is 3. The molecule has 3 N–H and O–H groups in total. The molecule has 2 atom stereocenters. The molecule has 0 radical (unpaired) electrons. The van der Waals surface area contributed by atoms with Gasteiger partial charge in [-0.1, -0.05) is 61.3 Å². The summed E-state index contributed by atoms with van der Waals surface area (Å²) in [6.07, 6.45) is 2.17. The van der Waals surface area contributed by atoms with E-state index in [0.717, 1.165) is 12.8 Å². The molecule has 0 rings (SSSR count). The normalized spacial score (nSPS) is 16.5. The van der Waals surface area contributed by atoms with Crippen LogP contribution >= 0.6 is 0 Å². The van der Waals surface area contributed by atoms with Crippen molar-refractivity contribution in [1.29, 1.82) is 0 Å². The average molecular weight is 361 g/mol. The van der Waals surface area contributed by atoms with E-state index >= 15 is 0 Å². The van der Waals surface area contributed by atoms with E-state index in [0.29, 0.717) is 6.42 Å². The van der Waals surface area contributed by atoms with Crippen molar-refractivity contribution in [2.24, 2.45) is 0 Å². The second-order valence-corrected chi connectivity index (χ2v) is 14.0. The Bertz CT molecular complexity index is 411. The van der Waals surface area contributed by atoms with E-state index in [-0.39, 0.29) is 23.0 Å². The molecule has 2 unspecified atom stereocenters. The number of rotatable bonds is 11. The monoisotopic (exact) mass is 360 g/mol. The molecule has 0 aromatic carbocycles. The molecule has 0 aromatic rings. The van der Waals surface area contributed by atoms with Crippen LogP contribution in [0.2, 0.25) is 22.2 Å². The molecule has 0 aliphatic rings. The van der Waals surface area contributed by atoms with E-state index in [2.05, 4.69) is 0 Å². The van der Waals surface area contributed by atoms with Crippen LogP contribution in [0.4, 0.5) is 0 Å². The van der Waals surface area contributed by atoms with Gasteiger partial charge >= 0.3 is 11.9 Å². The summed E-state index contributed by atoms with van der Waals surface area (Å²) < 4.78 is 0. The lowest BCUT2D eigenvalue weighted by molar-refractivity contribution is -0.166. The Labute approximate surface area is 147 Å². The Morgan fingerprint density at radius 2 is 1.33 bits per heavy atom. The maximum atomic E-state index is 12.3. The number of carboxylic acids is 2. The zero-order valence-electron chi connectivity index (χ0n) is 16.3. The minimum absolute atomic E-state index is 0.00590. The van der Waals surface area contributed by atoms with Crippen molar-refractivity contribution < 1.29 is 24.9 Å². The minimum atomic E-state index is -2.71. The van der Waals surface area contributed by atoms with E-state index in [1.54, 1.807) is 0 Å². The van der Waals surface area contributed by atoms with Crippen molar-refractivity contribution in [3.8, 4) is 0 Å². The predicted molar refractivity (Wildman–Crippen MR) is 99.2 cm³/mol. The fraction of sp³-hybridized carbons (Fsp3) is 0.889. The standard InChI is InChI=1S/C18H36O5Si/c1-8-9-10-11-18(23,17(21)22)15(16(19)20)24(12(2)3,13(4)5)14(6)7/h12-15,23H,8-11H2,1-7H3,(H,19,20)(H,21,22). The summed E-state index contributed by atoms with van der Waals surface area (Å²) in [5, 5.41) is 30.9. The number of carboxylic acid groups (broad SMARTS) is 2. The van der Waals surface area contributed by atoms with Crippen LogP contribution in [0.3, 0.4) is 0 Å². The lowest BCUT2D eigenvalue weighted by Crippen LogP contribution is -2.62. The molecule has 0 aromatic heterocycles. The fourth-order valence-corrected chi connectivity index (χ4v) is 12.4. The molecule has 0 aliphatic carbocycles. The third-order valence-electron chi connectivity index (χ3n) is 5.76. The zero-order chi connectivity index (χ0) is 19.3. The summed E-state index contributed by atoms with van der Waals surface area (Å²) in [4.78, 5) is 24.2. The third kappa shape index (κ3) is 4.20. The molecule has 0 bridgehead atoms. The molecule has 0 aliphatic heterocycles. The van der Waals surface area contributed by atoms with Crippen LogP contribution in [0, 0.1) is 0 Å². The molecule has 6 heteroatoms. The maximum absolute atomic E-state index is 12.3. The molecular formula is C18H36O5Si. The van der Waals surface area contributed by atoms with E-state index in [1.165, 1.54) is 0 Å². The van der Waals surface area contributed by atoms with Crippen LogP contribution in [0.25, 0.3) is 0 Å². The predicted octanol–water partition coefficient (Wildman–Crippen LogP) is 4.52. The largest absolute Gasteiger partial charge is 0.481 e. The summed E-state index contributed by atoms with van der Waals surface area (Å²) in [7, 11) is -2.71. The molecule has 0 amide bonds. The molecule has 0 fully saturated rings. The van der Waals surface area contributed by atoms with Gasteiger partial charge in [0.1, 0.15) is 0 Å². The quantitative estimate of drug-likeness (QED) is 0.372. The number of unbranched alkanes of at least 4 members (excludes halogenated alkanes) is 2. The van der Waals surface area contributed by atoms with Gasteiger partial charge in [-0.2, -0.15) is 0 Å². The first-order chi connectivity index (χ1) is 10.9. The smallest absolute Gasteiger partial charge is 0.336 e. The van der Waals surface area contributed by atoms with E-state index < -0.39 is 31.2 Å². The molecule has 24 heavy (non-hydrogen) atoms. The lowest BCUT2D eigenvalue weighted by Gasteiger charge is -2.51. The van der Waals surface area contributed by atoms with Gasteiger partial charge in [0.2, 0.25) is 0 Å². The highest BCUT2D eigenvalue weighted by molar-refractivity contribution is 6.87. The van der Waals surface area contributed by atoms with Crippen molar-refractivity contribution in [2.45, 2.75) is 102 Å². The third-order valence-corrected chi connectivity index (χ3v) is 13.5. The highest BCUT2D eigenvalue weighted by atomic mass is 28.3. The van der Waals surface area contributed by atoms with Crippen LogP contribution in [0.15, 0.2) is 0 Å². The number of hydrogen-bond acceptors (Lipinski definition) is 3. The van der Waals surface area contributed by atoms with E-state index in [1.807, 2.05) is 48.5 Å². The fourth-order valence-electron chi connectivity index (χ4n) is 4.85. The average Bonchev–Trinajstić information content (AvgIpc) is 2.42. The number of aliphatic carboxylic acids is 2. The molecule has 0 heterocycles. The molecule has 0 saturated heterocycles. The Balaban J connectivity index is 6.37. The van der Waals surface area contributed by atoms with Crippen molar-refractivity contribution in [2.75, 3.05) is 0 Å². The highest BCUT2D eigenvalue weighted by Crippen LogP contribution is 2.54. The van der Waals surface area contributed by atoms with Crippen LogP contribution < -0.4 is 0 Å². The summed E-state index contributed by atoms with van der Waals surface area (Å²) in [6.45, 7) is 13.9. The van der Waals surface area contributed by atoms with Crippen LogP contribution in [-0.2, 0) is 9.59 Å². The number of aliphatic hydroxyl groups is 1. The maximum Gasteiger partial charge on any atom is 0.336 e. The number of carbonyl (C=O) groups is 2. The second kappa shape index (κ2) is 8.99. The summed E-state index contributed by atoms with van der Waals surface area (Å²) >= 11 is 0. The minimum Gasteiger partial charge on any atom is -0.481 e. The van der Waals surface area contributed by atoms with Gasteiger partial charge in [-0.25, -0.2) is 4.79 Å². The van der Waals surface area contributed by atoms with Crippen LogP contribution in [0.5, 0.6) is 0 Å². The summed E-state index contributed by atoms with van der Waals surface area (Å²) in [5.41, 5.74) is -3.27. The van der Waals surface area contributed by atoms with E-state index in [4.69, 9.17) is 0 Å². The first-order valence-electron chi connectivity index (χ1n) is 9.09. The Morgan fingerprint density at radius 1 is 0.917 bits per heavy atom. The SMILES string of the molecule is CCCCCC(O)(C(=O)O)C(C(=O)O)[Si](C(C)C)(C(C)C)C(C)C. The van der Waals surface area contributed by atoms with E-state index in [9.17, 15) is 24.9 Å². The van der Waals surface area contributed by atoms with Crippen molar-refractivity contribution in [1.82, 2.24) is 0 Å². The van der Waals surface area contributed by atoms with Gasteiger partial charge in [-0.3, -0.25) is 4.79 Å². The first-order valence-corrected chi connectivity index (χ1v) is 11.4. The van der Waals surface area contributed by atoms with Gasteiger partial charge in [-0.05, 0) is 29.5 Å². The van der Waals surface area contributed by atoms with Crippen molar-refractivity contribution >= 4 is 20.0 Å². The molecule has 0 saturated carbocycles. The Morgan fingerprint density at radius 3 is 1.58 bits per heavy atom. The topological polar surface area (TPSA) is 94.8 Å². The second-order valence-electron chi connectivity index (χ2n) is 7.92. The van der Waals surface area contributed by atoms with Gasteiger partial charge in [-0.15, -0.1) is 0 Å². The van der Waals surface area contributed by atoms with Gasteiger partial charge in [0, 0.05) is 0 Å². The van der Waals surface area contributed by atoms with Crippen molar-refractivity contribution in [3.63, 3.8) is 0 Å². The van der Waals surface area contributed by atoms with Crippen LogP contribution in [0.1, 0.15) is 74.1 Å². The van der Waals surface area contributed by atoms with Crippen LogP contribution in [-0.4, -0.2) is 40.9 Å². The van der Waals surface area contributed by atoms with Gasteiger partial charge in [0.25, 0.3) is 0 Å². The lowest BCUT2D eigenvalue weighted by atomic mass is 9.92. The van der Waals surface area contributed by atoms with Gasteiger partial charge in [0.05, 0.1) is 13.6 Å². The molecule has 5 nitrogen and oxygen atoms in total. The zero-order valence-corrected chi connectivity index (χ0v) is 17.3. The Kier molecular flexibility index (Phi) is 8.66. The van der Waals surface area contributed by atoms with Crippen molar-refractivity contribution in [3.05, 3.63) is 0 Å². The van der Waals surface area contributed by atoms with Gasteiger partial charge < -0.3 is 15.3 Å². The molecule has 0 spiro atoms. The summed E-state index contributed by atoms with van der Waals surface area (Å²) in [6, 6.07) is 0. The summed E-state index contributed by atoms with van der Waals surface area (Å²) in [5.74, 6) is -2.57. The van der Waals surface area contributed by atoms with Gasteiger partial charge in [0.15, 0.2) is 5.60 Å². The molecule has 142 valence electrons. The molecular weight excluding hydrogens is 324 g/mol. The first kappa shape index (κ1) is 23.1. The Hall–Kier alpha value is -0.883. The highest BCUT2D eigenvalue weighted by Gasteiger charge is 2.62.